The van der Waals surface area contributed by atoms with Gasteiger partial charge in [-0.05, 0) is 30.7 Å². The summed E-state index contributed by atoms with van der Waals surface area (Å²) in [4.78, 5) is 16.0. The number of nitrogens with zero attached hydrogens (tertiary/aromatic N) is 1. The topological polar surface area (TPSA) is 51.2 Å². The van der Waals surface area contributed by atoms with Crippen LogP contribution in [0, 0.1) is 6.92 Å². The Bertz CT molecular complexity index is 600. The molecular weight excluding hydrogens is 264 g/mol. The standard InChI is InChI=1S/C14H13ClN2O2/c1-9-7-12(13(19-2)8-10(9)15)17-14(18)11-5-3-4-6-16-11/h3-8H,1-2H3,(H,17,18). The SMILES string of the molecule is COc1cc(Cl)c(C)cc1NC(=O)c1ccccn1. The van der Waals surface area contributed by atoms with Crippen LogP contribution in [-0.4, -0.2) is 18.0 Å². The van der Waals surface area contributed by atoms with Crippen molar-refractivity contribution in [1.29, 1.82) is 0 Å². The summed E-state index contributed by atoms with van der Waals surface area (Å²) < 4.78 is 5.20. The second-order valence-corrected chi connectivity index (χ2v) is 4.38. The zero-order chi connectivity index (χ0) is 13.8. The molecule has 0 aliphatic rings. The maximum absolute atomic E-state index is 12.0. The summed E-state index contributed by atoms with van der Waals surface area (Å²) in [5, 5.41) is 3.35. The number of aromatic nitrogens is 1. The lowest BCUT2D eigenvalue weighted by molar-refractivity contribution is 0.102. The van der Waals surface area contributed by atoms with Crippen LogP contribution < -0.4 is 10.1 Å². The molecule has 0 unspecified atom stereocenters. The summed E-state index contributed by atoms with van der Waals surface area (Å²) in [7, 11) is 1.53. The number of methoxy groups -OCH3 is 1. The highest BCUT2D eigenvalue weighted by molar-refractivity contribution is 6.31. The van der Waals surface area contributed by atoms with Crippen LogP contribution >= 0.6 is 11.6 Å². The molecule has 0 saturated heterocycles. The van der Waals surface area contributed by atoms with Gasteiger partial charge in [-0.2, -0.15) is 0 Å². The highest BCUT2D eigenvalue weighted by Gasteiger charge is 2.12. The molecule has 4 nitrogen and oxygen atoms in total. The van der Waals surface area contributed by atoms with Gasteiger partial charge in [-0.25, -0.2) is 0 Å². The van der Waals surface area contributed by atoms with E-state index in [-0.39, 0.29) is 5.91 Å². The molecule has 0 fully saturated rings. The Labute approximate surface area is 116 Å². The van der Waals surface area contributed by atoms with E-state index in [4.69, 9.17) is 16.3 Å². The fraction of sp³-hybridized carbons (Fsp3) is 0.143. The lowest BCUT2D eigenvalue weighted by Crippen LogP contribution is -2.14. The Hall–Kier alpha value is -2.07. The van der Waals surface area contributed by atoms with Crippen LogP contribution in [-0.2, 0) is 0 Å². The number of rotatable bonds is 3. The van der Waals surface area contributed by atoms with E-state index < -0.39 is 0 Å². The Kier molecular flexibility index (Phi) is 4.02. The zero-order valence-corrected chi connectivity index (χ0v) is 11.4. The molecule has 1 amide bonds. The highest BCUT2D eigenvalue weighted by Crippen LogP contribution is 2.31. The Morgan fingerprint density at radius 3 is 2.79 bits per heavy atom. The van der Waals surface area contributed by atoms with Crippen LogP contribution in [0.4, 0.5) is 5.69 Å². The minimum atomic E-state index is -0.291. The summed E-state index contributed by atoms with van der Waals surface area (Å²) in [6.07, 6.45) is 1.57. The Morgan fingerprint density at radius 2 is 2.16 bits per heavy atom. The normalized spacial score (nSPS) is 10.1. The van der Waals surface area contributed by atoms with Crippen molar-refractivity contribution < 1.29 is 9.53 Å². The average Bonchev–Trinajstić information content (AvgIpc) is 2.43. The first-order chi connectivity index (χ1) is 9.11. The van der Waals surface area contributed by atoms with E-state index in [0.717, 1.165) is 5.56 Å². The molecular formula is C14H13ClN2O2. The molecule has 19 heavy (non-hydrogen) atoms. The molecule has 1 aromatic heterocycles. The monoisotopic (exact) mass is 276 g/mol. The number of aryl methyl sites for hydroxylation is 1. The third-order valence-corrected chi connectivity index (χ3v) is 3.03. The van der Waals surface area contributed by atoms with Gasteiger partial charge < -0.3 is 10.1 Å². The fourth-order valence-corrected chi connectivity index (χ4v) is 1.77. The van der Waals surface area contributed by atoms with Crippen LogP contribution in [0.2, 0.25) is 5.02 Å². The van der Waals surface area contributed by atoms with Gasteiger partial charge in [-0.15, -0.1) is 0 Å². The average molecular weight is 277 g/mol. The van der Waals surface area contributed by atoms with Crippen molar-refractivity contribution in [1.82, 2.24) is 4.98 Å². The molecule has 0 spiro atoms. The number of hydrogen-bond donors (Lipinski definition) is 1. The van der Waals surface area contributed by atoms with Crippen LogP contribution in [0.3, 0.4) is 0 Å². The summed E-state index contributed by atoms with van der Waals surface area (Å²) in [6, 6.07) is 8.59. The molecule has 0 saturated carbocycles. The van der Waals surface area contributed by atoms with E-state index in [9.17, 15) is 4.79 Å². The van der Waals surface area contributed by atoms with Gasteiger partial charge in [0, 0.05) is 17.3 Å². The molecule has 1 aromatic carbocycles. The molecule has 98 valence electrons. The van der Waals surface area contributed by atoms with E-state index >= 15 is 0 Å². The third kappa shape index (κ3) is 3.03. The predicted octanol–water partition coefficient (Wildman–Crippen LogP) is 3.30. The van der Waals surface area contributed by atoms with Gasteiger partial charge in [0.05, 0.1) is 12.8 Å². The van der Waals surface area contributed by atoms with Crippen molar-refractivity contribution in [2.45, 2.75) is 6.92 Å². The Balaban J connectivity index is 2.28. The number of benzene rings is 1. The molecule has 2 aromatic rings. The van der Waals surface area contributed by atoms with Crippen molar-refractivity contribution >= 4 is 23.2 Å². The fourth-order valence-electron chi connectivity index (χ4n) is 1.61. The number of carbonyl (C=O) groups excluding carboxylic acids is 1. The van der Waals surface area contributed by atoms with Crippen molar-refractivity contribution in [2.24, 2.45) is 0 Å². The predicted molar refractivity (Wildman–Crippen MR) is 74.9 cm³/mol. The number of nitrogens with one attached hydrogen (secondary N) is 1. The molecule has 1 N–H and O–H groups in total. The van der Waals surface area contributed by atoms with Gasteiger partial charge in [0.15, 0.2) is 0 Å². The first kappa shape index (κ1) is 13.4. The van der Waals surface area contributed by atoms with Crippen molar-refractivity contribution in [3.05, 3.63) is 52.8 Å². The summed E-state index contributed by atoms with van der Waals surface area (Å²) in [5.74, 6) is 0.223. The quantitative estimate of drug-likeness (QED) is 0.936. The minimum Gasteiger partial charge on any atom is -0.495 e. The number of hydrogen-bond acceptors (Lipinski definition) is 3. The minimum absolute atomic E-state index is 0.291. The van der Waals surface area contributed by atoms with E-state index in [1.165, 1.54) is 7.11 Å². The number of amides is 1. The number of pyridine rings is 1. The van der Waals surface area contributed by atoms with Crippen LogP contribution in [0.5, 0.6) is 5.75 Å². The van der Waals surface area contributed by atoms with Gasteiger partial charge >= 0.3 is 0 Å². The maximum Gasteiger partial charge on any atom is 0.274 e. The lowest BCUT2D eigenvalue weighted by Gasteiger charge is -2.11. The molecule has 0 bridgehead atoms. The molecule has 5 heteroatoms. The molecule has 1 heterocycles. The molecule has 0 radical (unpaired) electrons. The molecule has 2 rings (SSSR count). The van der Waals surface area contributed by atoms with Gasteiger partial charge in [0.1, 0.15) is 11.4 Å². The van der Waals surface area contributed by atoms with Crippen LogP contribution in [0.25, 0.3) is 0 Å². The van der Waals surface area contributed by atoms with Crippen molar-refractivity contribution in [2.75, 3.05) is 12.4 Å². The van der Waals surface area contributed by atoms with Crippen molar-refractivity contribution in [3.8, 4) is 5.75 Å². The largest absolute Gasteiger partial charge is 0.495 e. The first-order valence-electron chi connectivity index (χ1n) is 5.68. The molecule has 0 aliphatic heterocycles. The van der Waals surface area contributed by atoms with Gasteiger partial charge in [-0.3, -0.25) is 9.78 Å². The van der Waals surface area contributed by atoms with Crippen LogP contribution in [0.1, 0.15) is 16.1 Å². The van der Waals surface area contributed by atoms with E-state index in [0.29, 0.717) is 22.2 Å². The lowest BCUT2D eigenvalue weighted by atomic mass is 10.2. The first-order valence-corrected chi connectivity index (χ1v) is 6.06. The number of halogens is 1. The smallest absolute Gasteiger partial charge is 0.274 e. The highest BCUT2D eigenvalue weighted by atomic mass is 35.5. The third-order valence-electron chi connectivity index (χ3n) is 2.63. The maximum atomic E-state index is 12.0. The number of carbonyl (C=O) groups is 1. The number of anilines is 1. The van der Waals surface area contributed by atoms with Crippen LogP contribution in [0.15, 0.2) is 36.5 Å². The van der Waals surface area contributed by atoms with Crippen molar-refractivity contribution in [3.63, 3.8) is 0 Å². The molecule has 0 atom stereocenters. The van der Waals surface area contributed by atoms with E-state index in [1.54, 1.807) is 36.5 Å². The summed E-state index contributed by atoms with van der Waals surface area (Å²) in [5.41, 5.74) is 1.77. The van der Waals surface area contributed by atoms with E-state index in [2.05, 4.69) is 10.3 Å². The second-order valence-electron chi connectivity index (χ2n) is 3.97. The zero-order valence-electron chi connectivity index (χ0n) is 10.6. The second kappa shape index (κ2) is 5.71. The summed E-state index contributed by atoms with van der Waals surface area (Å²) in [6.45, 7) is 1.86. The number of ether oxygens (including phenoxy) is 1. The Morgan fingerprint density at radius 1 is 1.37 bits per heavy atom. The van der Waals surface area contributed by atoms with Gasteiger partial charge in [0.25, 0.3) is 5.91 Å². The summed E-state index contributed by atoms with van der Waals surface area (Å²) >= 11 is 6.01. The van der Waals surface area contributed by atoms with Gasteiger partial charge in [0.2, 0.25) is 0 Å². The van der Waals surface area contributed by atoms with E-state index in [1.807, 2.05) is 6.92 Å². The van der Waals surface area contributed by atoms with Gasteiger partial charge in [-0.1, -0.05) is 17.7 Å². The molecule has 0 aliphatic carbocycles.